The maximum absolute atomic E-state index is 12.4. The summed E-state index contributed by atoms with van der Waals surface area (Å²) in [5.41, 5.74) is 1.60. The van der Waals surface area contributed by atoms with Gasteiger partial charge in [0.15, 0.2) is 0 Å². The minimum atomic E-state index is 0. The molecule has 7 heteroatoms. The van der Waals surface area contributed by atoms with Gasteiger partial charge in [-0.2, -0.15) is 0 Å². The fraction of sp³-hybridized carbons (Fsp3) is 0.500. The molecular formula is C20H29Cl2N3O2. The number of carbonyl (C=O) groups is 1. The number of carbonyl (C=O) groups excluding carboxylic acids is 1. The topological polar surface area (TPSA) is 54.5 Å². The number of nitrogens with one attached hydrogen (secondary N) is 1. The number of pyridine rings is 1. The number of amides is 1. The van der Waals surface area contributed by atoms with Crippen LogP contribution in [0.3, 0.4) is 0 Å². The fourth-order valence-corrected chi connectivity index (χ4v) is 3.21. The van der Waals surface area contributed by atoms with Gasteiger partial charge in [-0.25, -0.2) is 0 Å². The van der Waals surface area contributed by atoms with Crippen molar-refractivity contribution >= 4 is 47.3 Å². The number of aromatic nitrogens is 1. The molecule has 1 saturated heterocycles. The maximum Gasteiger partial charge on any atom is 0.238 e. The van der Waals surface area contributed by atoms with Crippen LogP contribution in [0.25, 0.3) is 10.9 Å². The highest BCUT2D eigenvalue weighted by Crippen LogP contribution is 2.30. The summed E-state index contributed by atoms with van der Waals surface area (Å²) in [7, 11) is 0. The van der Waals surface area contributed by atoms with E-state index in [4.69, 9.17) is 4.74 Å². The quantitative estimate of drug-likeness (QED) is 0.669. The molecule has 0 unspecified atom stereocenters. The Bertz CT molecular complexity index is 721. The van der Waals surface area contributed by atoms with Gasteiger partial charge in [-0.15, -0.1) is 24.8 Å². The van der Waals surface area contributed by atoms with Gasteiger partial charge < -0.3 is 10.1 Å². The summed E-state index contributed by atoms with van der Waals surface area (Å²) in [4.78, 5) is 19.1. The molecule has 3 rings (SSSR count). The lowest BCUT2D eigenvalue weighted by molar-refractivity contribution is -0.117. The highest BCUT2D eigenvalue weighted by atomic mass is 35.5. The molecule has 0 atom stereocenters. The summed E-state index contributed by atoms with van der Waals surface area (Å²) in [5.74, 6) is 0.810. The Morgan fingerprint density at radius 2 is 1.96 bits per heavy atom. The van der Waals surface area contributed by atoms with Gasteiger partial charge in [0.05, 0.1) is 18.8 Å². The van der Waals surface area contributed by atoms with Crippen LogP contribution in [0.1, 0.15) is 39.0 Å². The van der Waals surface area contributed by atoms with Crippen LogP contribution in [-0.4, -0.2) is 42.0 Å². The first kappa shape index (κ1) is 23.5. The summed E-state index contributed by atoms with van der Waals surface area (Å²) in [6.45, 7) is 5.31. The minimum absolute atomic E-state index is 0. The molecule has 1 aliphatic rings. The Morgan fingerprint density at radius 1 is 1.19 bits per heavy atom. The molecule has 0 radical (unpaired) electrons. The molecule has 5 nitrogen and oxygen atoms in total. The molecule has 1 aliphatic heterocycles. The van der Waals surface area contributed by atoms with Crippen LogP contribution >= 0.6 is 24.8 Å². The second kappa shape index (κ2) is 12.0. The maximum atomic E-state index is 12.4. The molecule has 0 aliphatic carbocycles. The summed E-state index contributed by atoms with van der Waals surface area (Å²) in [5, 5.41) is 3.97. The molecule has 27 heavy (non-hydrogen) atoms. The van der Waals surface area contributed by atoms with Crippen molar-refractivity contribution in [3.8, 4) is 5.75 Å². The van der Waals surface area contributed by atoms with Gasteiger partial charge in [-0.05, 0) is 56.6 Å². The SMILES string of the molecule is CCCCOc1ccc(NC(=O)CN2CCCCC2)c2cccnc12.Cl.Cl. The van der Waals surface area contributed by atoms with Crippen LogP contribution in [-0.2, 0) is 4.79 Å². The summed E-state index contributed by atoms with van der Waals surface area (Å²) in [6, 6.07) is 7.69. The van der Waals surface area contributed by atoms with Gasteiger partial charge >= 0.3 is 0 Å². The average molecular weight is 414 g/mol. The number of likely N-dealkylation sites (tertiary alicyclic amines) is 1. The number of unbranched alkanes of at least 4 members (excludes halogenated alkanes) is 1. The lowest BCUT2D eigenvalue weighted by Crippen LogP contribution is -2.36. The van der Waals surface area contributed by atoms with Crippen molar-refractivity contribution in [1.82, 2.24) is 9.88 Å². The standard InChI is InChI=1S/C20H27N3O2.2ClH/c1-2-3-14-25-18-10-9-17(16-8-7-11-21-20(16)18)22-19(24)15-23-12-5-4-6-13-23;;/h7-11H,2-6,12-15H2,1H3,(H,22,24);2*1H. The Kier molecular flexibility index (Phi) is 10.4. The van der Waals surface area contributed by atoms with Crippen molar-refractivity contribution < 1.29 is 9.53 Å². The molecule has 0 bridgehead atoms. The summed E-state index contributed by atoms with van der Waals surface area (Å²) >= 11 is 0. The minimum Gasteiger partial charge on any atom is -0.491 e. The second-order valence-electron chi connectivity index (χ2n) is 6.60. The third-order valence-electron chi connectivity index (χ3n) is 4.58. The fourth-order valence-electron chi connectivity index (χ4n) is 3.21. The highest BCUT2D eigenvalue weighted by Gasteiger charge is 2.15. The third kappa shape index (κ3) is 6.52. The van der Waals surface area contributed by atoms with Crippen LogP contribution < -0.4 is 10.1 Å². The van der Waals surface area contributed by atoms with Crippen molar-refractivity contribution in [2.75, 3.05) is 31.6 Å². The van der Waals surface area contributed by atoms with E-state index in [1.54, 1.807) is 6.20 Å². The first-order valence-electron chi connectivity index (χ1n) is 9.30. The molecule has 1 aromatic carbocycles. The Balaban J connectivity index is 0.00000182. The van der Waals surface area contributed by atoms with Gasteiger partial charge in [0, 0.05) is 11.6 Å². The second-order valence-corrected chi connectivity index (χ2v) is 6.60. The number of piperidine rings is 1. The van der Waals surface area contributed by atoms with Gasteiger partial charge in [0.1, 0.15) is 11.3 Å². The molecule has 1 aromatic heterocycles. The van der Waals surface area contributed by atoms with E-state index < -0.39 is 0 Å². The van der Waals surface area contributed by atoms with E-state index in [2.05, 4.69) is 22.1 Å². The van der Waals surface area contributed by atoms with E-state index in [9.17, 15) is 4.79 Å². The summed E-state index contributed by atoms with van der Waals surface area (Å²) in [6.07, 6.45) is 7.51. The van der Waals surface area contributed by atoms with Gasteiger partial charge in [-0.3, -0.25) is 14.7 Å². The first-order valence-corrected chi connectivity index (χ1v) is 9.30. The zero-order valence-corrected chi connectivity index (χ0v) is 17.4. The van der Waals surface area contributed by atoms with Crippen molar-refractivity contribution in [2.45, 2.75) is 39.0 Å². The predicted molar refractivity (Wildman–Crippen MR) is 116 cm³/mol. The number of halogens is 2. The molecule has 1 fully saturated rings. The Morgan fingerprint density at radius 3 is 2.70 bits per heavy atom. The largest absolute Gasteiger partial charge is 0.491 e. The number of nitrogens with zero attached hydrogens (tertiary/aromatic N) is 2. The van der Waals surface area contributed by atoms with E-state index in [0.717, 1.165) is 48.3 Å². The number of benzene rings is 1. The predicted octanol–water partition coefficient (Wildman–Crippen LogP) is 4.68. The molecule has 0 saturated carbocycles. The van der Waals surface area contributed by atoms with Crippen molar-refractivity contribution in [3.63, 3.8) is 0 Å². The molecule has 2 heterocycles. The number of fused-ring (bicyclic) bond motifs is 1. The molecule has 150 valence electrons. The van der Waals surface area contributed by atoms with Crippen molar-refractivity contribution in [1.29, 1.82) is 0 Å². The number of ether oxygens (including phenoxy) is 1. The smallest absolute Gasteiger partial charge is 0.238 e. The van der Waals surface area contributed by atoms with Crippen LogP contribution in [0, 0.1) is 0 Å². The van der Waals surface area contributed by atoms with Gasteiger partial charge in [0.25, 0.3) is 0 Å². The van der Waals surface area contributed by atoms with Crippen molar-refractivity contribution in [3.05, 3.63) is 30.5 Å². The van der Waals surface area contributed by atoms with E-state index >= 15 is 0 Å². The summed E-state index contributed by atoms with van der Waals surface area (Å²) < 4.78 is 5.86. The van der Waals surface area contributed by atoms with Crippen LogP contribution in [0.4, 0.5) is 5.69 Å². The molecule has 0 spiro atoms. The normalized spacial score (nSPS) is 14.1. The molecule has 1 amide bonds. The van der Waals surface area contributed by atoms with Crippen LogP contribution in [0.15, 0.2) is 30.5 Å². The van der Waals surface area contributed by atoms with Crippen molar-refractivity contribution in [2.24, 2.45) is 0 Å². The van der Waals surface area contributed by atoms with E-state index in [-0.39, 0.29) is 30.7 Å². The Hall–Kier alpha value is -1.56. The number of hydrogen-bond acceptors (Lipinski definition) is 4. The lowest BCUT2D eigenvalue weighted by Gasteiger charge is -2.25. The number of rotatable bonds is 7. The Labute approximate surface area is 173 Å². The van der Waals surface area contributed by atoms with Crippen LogP contribution in [0.2, 0.25) is 0 Å². The zero-order chi connectivity index (χ0) is 17.5. The van der Waals surface area contributed by atoms with Gasteiger partial charge in [0.2, 0.25) is 5.91 Å². The number of anilines is 1. The van der Waals surface area contributed by atoms with E-state index in [0.29, 0.717) is 13.2 Å². The average Bonchev–Trinajstić information content (AvgIpc) is 2.64. The zero-order valence-electron chi connectivity index (χ0n) is 15.8. The van der Waals surface area contributed by atoms with Gasteiger partial charge in [-0.1, -0.05) is 19.8 Å². The highest BCUT2D eigenvalue weighted by molar-refractivity contribution is 6.03. The monoisotopic (exact) mass is 413 g/mol. The molecule has 1 N–H and O–H groups in total. The number of hydrogen-bond donors (Lipinski definition) is 1. The van der Waals surface area contributed by atoms with E-state index in [1.807, 2.05) is 24.3 Å². The molecule has 2 aromatic rings. The van der Waals surface area contributed by atoms with E-state index in [1.165, 1.54) is 19.3 Å². The third-order valence-corrected chi connectivity index (χ3v) is 4.58. The molecular weight excluding hydrogens is 385 g/mol. The first-order chi connectivity index (χ1) is 12.3. The lowest BCUT2D eigenvalue weighted by atomic mass is 10.1. The van der Waals surface area contributed by atoms with Crippen LogP contribution in [0.5, 0.6) is 5.75 Å².